The Balaban J connectivity index is 1.85. The third kappa shape index (κ3) is 4.37. The monoisotopic (exact) mass is 384 g/mol. The molecule has 0 spiro atoms. The second-order valence-electron chi connectivity index (χ2n) is 5.43. The van der Waals surface area contributed by atoms with Crippen molar-refractivity contribution in [2.24, 2.45) is 0 Å². The van der Waals surface area contributed by atoms with E-state index in [1.165, 1.54) is 48.5 Å². The number of halogens is 1. The van der Waals surface area contributed by atoms with E-state index in [1.54, 1.807) is 18.2 Å². The van der Waals surface area contributed by atoms with Crippen LogP contribution in [0, 0.1) is 0 Å². The molecule has 6 nitrogen and oxygen atoms in total. The largest absolute Gasteiger partial charge is 0.478 e. The zero-order chi connectivity index (χ0) is 19.4. The second kappa shape index (κ2) is 7.80. The molecule has 0 aliphatic heterocycles. The number of carbonyl (C=O) groups is 2. The molecule has 0 heterocycles. The molecular formula is C20H13ClO6. The van der Waals surface area contributed by atoms with Gasteiger partial charge in [-0.1, -0.05) is 17.7 Å². The van der Waals surface area contributed by atoms with Crippen molar-refractivity contribution in [1.29, 1.82) is 0 Å². The maximum atomic E-state index is 10.9. The SMILES string of the molecule is O=C(O)c1ccc(Oc2cccc(Cl)c2Oc2ccc(C(=O)O)cc2)cc1. The first-order valence-corrected chi connectivity index (χ1v) is 8.13. The molecule has 136 valence electrons. The van der Waals surface area contributed by atoms with Crippen LogP contribution in [0.3, 0.4) is 0 Å². The highest BCUT2D eigenvalue weighted by Gasteiger charge is 2.13. The minimum absolute atomic E-state index is 0.136. The normalized spacial score (nSPS) is 10.3. The summed E-state index contributed by atoms with van der Waals surface area (Å²) in [6.07, 6.45) is 0. The molecule has 0 aliphatic carbocycles. The molecule has 0 amide bonds. The molecule has 0 aliphatic rings. The summed E-state index contributed by atoms with van der Waals surface area (Å²) in [4.78, 5) is 21.9. The highest BCUT2D eigenvalue weighted by Crippen LogP contribution is 2.40. The summed E-state index contributed by atoms with van der Waals surface area (Å²) >= 11 is 6.22. The number of benzene rings is 3. The molecule has 0 bridgehead atoms. The Morgan fingerprint density at radius 2 is 1.19 bits per heavy atom. The maximum absolute atomic E-state index is 10.9. The molecule has 7 heteroatoms. The van der Waals surface area contributed by atoms with Gasteiger partial charge in [0.05, 0.1) is 16.1 Å². The molecule has 0 saturated heterocycles. The molecular weight excluding hydrogens is 372 g/mol. The van der Waals surface area contributed by atoms with Gasteiger partial charge in [-0.25, -0.2) is 9.59 Å². The van der Waals surface area contributed by atoms with Gasteiger partial charge in [0.2, 0.25) is 0 Å². The molecule has 3 aromatic rings. The van der Waals surface area contributed by atoms with E-state index in [-0.39, 0.29) is 16.9 Å². The molecule has 0 radical (unpaired) electrons. The average molecular weight is 385 g/mol. The molecule has 0 aromatic heterocycles. The first-order valence-electron chi connectivity index (χ1n) is 7.75. The van der Waals surface area contributed by atoms with Gasteiger partial charge >= 0.3 is 11.9 Å². The minimum Gasteiger partial charge on any atom is -0.478 e. The Hall–Kier alpha value is -3.51. The molecule has 0 atom stereocenters. The number of hydrogen-bond donors (Lipinski definition) is 2. The van der Waals surface area contributed by atoms with E-state index in [0.717, 1.165) is 0 Å². The van der Waals surface area contributed by atoms with Crippen molar-refractivity contribution < 1.29 is 29.3 Å². The van der Waals surface area contributed by atoms with Crippen LogP contribution in [-0.2, 0) is 0 Å². The first-order chi connectivity index (χ1) is 12.9. The van der Waals surface area contributed by atoms with Crippen LogP contribution in [-0.4, -0.2) is 22.2 Å². The Morgan fingerprint density at radius 1 is 0.704 bits per heavy atom. The van der Waals surface area contributed by atoms with Gasteiger partial charge in [-0.05, 0) is 60.7 Å². The minimum atomic E-state index is -1.03. The van der Waals surface area contributed by atoms with Gasteiger partial charge in [-0.15, -0.1) is 0 Å². The van der Waals surface area contributed by atoms with Crippen LogP contribution in [0.4, 0.5) is 0 Å². The molecule has 3 rings (SSSR count). The second-order valence-corrected chi connectivity index (χ2v) is 5.84. The summed E-state index contributed by atoms with van der Waals surface area (Å²) in [5, 5.41) is 18.2. The van der Waals surface area contributed by atoms with Crippen LogP contribution in [0.15, 0.2) is 66.7 Å². The van der Waals surface area contributed by atoms with E-state index in [1.807, 2.05) is 0 Å². The van der Waals surface area contributed by atoms with Crippen LogP contribution in [0.2, 0.25) is 5.02 Å². The number of aromatic carboxylic acids is 2. The lowest BCUT2D eigenvalue weighted by Crippen LogP contribution is -1.97. The van der Waals surface area contributed by atoms with E-state index in [0.29, 0.717) is 22.3 Å². The van der Waals surface area contributed by atoms with Crippen molar-refractivity contribution in [3.8, 4) is 23.0 Å². The van der Waals surface area contributed by atoms with Crippen molar-refractivity contribution in [2.75, 3.05) is 0 Å². The molecule has 27 heavy (non-hydrogen) atoms. The van der Waals surface area contributed by atoms with Crippen molar-refractivity contribution in [1.82, 2.24) is 0 Å². The number of carboxylic acids is 2. The van der Waals surface area contributed by atoms with Gasteiger partial charge in [0.25, 0.3) is 0 Å². The van der Waals surface area contributed by atoms with Crippen molar-refractivity contribution >= 4 is 23.5 Å². The van der Waals surface area contributed by atoms with Gasteiger partial charge in [0.1, 0.15) is 11.5 Å². The van der Waals surface area contributed by atoms with Gasteiger partial charge in [-0.3, -0.25) is 0 Å². The number of carboxylic acid groups (broad SMARTS) is 2. The van der Waals surface area contributed by atoms with E-state index in [4.69, 9.17) is 31.3 Å². The van der Waals surface area contributed by atoms with Crippen LogP contribution in [0.1, 0.15) is 20.7 Å². The zero-order valence-corrected chi connectivity index (χ0v) is 14.5. The molecule has 2 N–H and O–H groups in total. The zero-order valence-electron chi connectivity index (χ0n) is 13.8. The Morgan fingerprint density at radius 3 is 1.67 bits per heavy atom. The topological polar surface area (TPSA) is 93.1 Å². The number of ether oxygens (including phenoxy) is 2. The van der Waals surface area contributed by atoms with Gasteiger partial charge < -0.3 is 19.7 Å². The maximum Gasteiger partial charge on any atom is 0.335 e. The quantitative estimate of drug-likeness (QED) is 0.597. The molecule has 0 fully saturated rings. The molecule has 3 aromatic carbocycles. The van der Waals surface area contributed by atoms with Crippen LogP contribution >= 0.6 is 11.6 Å². The third-order valence-corrected chi connectivity index (χ3v) is 3.88. The standard InChI is InChI=1S/C20H13ClO6/c21-16-2-1-3-17(26-14-8-4-12(5-9-14)19(22)23)18(16)27-15-10-6-13(7-11-15)20(24)25/h1-11H,(H,22,23)(H,24,25). The lowest BCUT2D eigenvalue weighted by Gasteiger charge is -2.14. The Labute approximate surface area is 159 Å². The highest BCUT2D eigenvalue weighted by molar-refractivity contribution is 6.32. The lowest BCUT2D eigenvalue weighted by atomic mass is 10.2. The summed E-state index contributed by atoms with van der Waals surface area (Å²) in [7, 11) is 0. The predicted octanol–water partition coefficient (Wildman–Crippen LogP) is 5.32. The Bertz CT molecular complexity index is 980. The fraction of sp³-hybridized carbons (Fsp3) is 0. The summed E-state index contributed by atoms with van der Waals surface area (Å²) in [6.45, 7) is 0. The van der Waals surface area contributed by atoms with Gasteiger partial charge in [0.15, 0.2) is 11.5 Å². The number of para-hydroxylation sites is 1. The third-order valence-electron chi connectivity index (χ3n) is 3.58. The fourth-order valence-electron chi connectivity index (χ4n) is 2.24. The van der Waals surface area contributed by atoms with E-state index < -0.39 is 11.9 Å². The van der Waals surface area contributed by atoms with Crippen molar-refractivity contribution in [3.05, 3.63) is 82.9 Å². The van der Waals surface area contributed by atoms with Crippen molar-refractivity contribution in [2.45, 2.75) is 0 Å². The smallest absolute Gasteiger partial charge is 0.335 e. The van der Waals surface area contributed by atoms with E-state index in [2.05, 4.69) is 0 Å². The van der Waals surface area contributed by atoms with Gasteiger partial charge in [-0.2, -0.15) is 0 Å². The summed E-state index contributed by atoms with van der Waals surface area (Å²) in [5.41, 5.74) is 0.278. The van der Waals surface area contributed by atoms with Crippen molar-refractivity contribution in [3.63, 3.8) is 0 Å². The predicted molar refractivity (Wildman–Crippen MR) is 98.4 cm³/mol. The van der Waals surface area contributed by atoms with E-state index >= 15 is 0 Å². The summed E-state index contributed by atoms with van der Waals surface area (Å²) in [6, 6.07) is 16.7. The summed E-state index contributed by atoms with van der Waals surface area (Å²) < 4.78 is 11.5. The molecule has 0 saturated carbocycles. The number of hydrogen-bond acceptors (Lipinski definition) is 4. The Kier molecular flexibility index (Phi) is 5.28. The highest BCUT2D eigenvalue weighted by atomic mass is 35.5. The van der Waals surface area contributed by atoms with Crippen LogP contribution in [0.5, 0.6) is 23.0 Å². The average Bonchev–Trinajstić information content (AvgIpc) is 2.65. The first kappa shape index (κ1) is 18.3. The van der Waals surface area contributed by atoms with Crippen LogP contribution < -0.4 is 9.47 Å². The lowest BCUT2D eigenvalue weighted by molar-refractivity contribution is 0.0686. The van der Waals surface area contributed by atoms with Crippen LogP contribution in [0.25, 0.3) is 0 Å². The van der Waals surface area contributed by atoms with E-state index in [9.17, 15) is 9.59 Å². The van der Waals surface area contributed by atoms with Gasteiger partial charge in [0, 0.05) is 0 Å². The molecule has 0 unspecified atom stereocenters. The number of rotatable bonds is 6. The summed E-state index contributed by atoms with van der Waals surface area (Å²) in [5.74, 6) is -0.684. The fourth-order valence-corrected chi connectivity index (χ4v) is 2.45.